The molecule has 0 bridgehead atoms. The molecule has 0 spiro atoms. The van der Waals surface area contributed by atoms with Crippen LogP contribution in [-0.4, -0.2) is 28.1 Å². The van der Waals surface area contributed by atoms with Crippen LogP contribution in [0.1, 0.15) is 31.1 Å². The van der Waals surface area contributed by atoms with Gasteiger partial charge in [-0.3, -0.25) is 4.79 Å². The molecule has 0 atom stereocenters. The van der Waals surface area contributed by atoms with E-state index in [2.05, 4.69) is 5.18 Å². The average Bonchev–Trinajstić information content (AvgIpc) is 2.26. The van der Waals surface area contributed by atoms with Gasteiger partial charge in [-0.25, -0.2) is 9.59 Å². The van der Waals surface area contributed by atoms with E-state index < -0.39 is 29.0 Å². The molecule has 7 heteroatoms. The number of nitrogens with zero attached hydrogens (tertiary/aromatic N) is 1. The van der Waals surface area contributed by atoms with Gasteiger partial charge in [0.05, 0.1) is 11.1 Å². The van der Waals surface area contributed by atoms with Gasteiger partial charge in [0, 0.05) is 10.7 Å². The fourth-order valence-corrected chi connectivity index (χ4v) is 1.09. The lowest BCUT2D eigenvalue weighted by molar-refractivity contribution is 0.0651. The first-order chi connectivity index (χ1) is 7.47. The zero-order chi connectivity index (χ0) is 12.3. The van der Waals surface area contributed by atoms with Crippen molar-refractivity contribution in [1.29, 1.82) is 0 Å². The first-order valence-electron chi connectivity index (χ1n) is 3.95. The smallest absolute Gasteiger partial charge is 0.336 e. The summed E-state index contributed by atoms with van der Waals surface area (Å²) in [4.78, 5) is 42.1. The third-order valence-corrected chi connectivity index (χ3v) is 1.81. The van der Waals surface area contributed by atoms with E-state index in [-0.39, 0.29) is 5.56 Å². The van der Waals surface area contributed by atoms with E-state index in [1.165, 1.54) is 0 Å². The van der Waals surface area contributed by atoms with Crippen molar-refractivity contribution in [1.82, 2.24) is 0 Å². The highest BCUT2D eigenvalue weighted by Crippen LogP contribution is 2.13. The summed E-state index contributed by atoms with van der Waals surface area (Å²) in [6.45, 7) is 0. The second kappa shape index (κ2) is 4.30. The zero-order valence-corrected chi connectivity index (χ0v) is 7.71. The normalized spacial score (nSPS) is 9.50. The summed E-state index contributed by atoms with van der Waals surface area (Å²) in [5.74, 6) is -4.09. The Morgan fingerprint density at radius 1 is 1.00 bits per heavy atom. The molecule has 0 aromatic heterocycles. The van der Waals surface area contributed by atoms with Crippen LogP contribution in [0.4, 0.5) is 0 Å². The molecule has 0 heterocycles. The maximum atomic E-state index is 10.8. The number of nitroso groups, excluding NO2 is 1. The molecule has 0 aliphatic heterocycles. The molecule has 0 radical (unpaired) electrons. The highest BCUT2D eigenvalue weighted by atomic mass is 16.4. The molecule has 0 aliphatic carbocycles. The van der Waals surface area contributed by atoms with Crippen molar-refractivity contribution in [3.63, 3.8) is 0 Å². The Balaban J connectivity index is 3.39. The maximum Gasteiger partial charge on any atom is 0.336 e. The summed E-state index contributed by atoms with van der Waals surface area (Å²) in [5, 5.41) is 19.5. The molecule has 0 fully saturated rings. The van der Waals surface area contributed by atoms with E-state index >= 15 is 0 Å². The maximum absolute atomic E-state index is 10.8. The topological polar surface area (TPSA) is 121 Å². The van der Waals surface area contributed by atoms with Gasteiger partial charge < -0.3 is 10.2 Å². The predicted molar refractivity (Wildman–Crippen MR) is 50.5 cm³/mol. The summed E-state index contributed by atoms with van der Waals surface area (Å²) in [6.07, 6.45) is 0. The first-order valence-corrected chi connectivity index (χ1v) is 3.95. The molecule has 1 aromatic carbocycles. The number of carbonyl (C=O) groups is 3. The first kappa shape index (κ1) is 11.5. The Labute approximate surface area is 88.3 Å². The highest BCUT2D eigenvalue weighted by Gasteiger charge is 2.18. The molecule has 1 rings (SSSR count). The van der Waals surface area contributed by atoms with E-state index in [4.69, 9.17) is 10.2 Å². The summed E-state index contributed by atoms with van der Waals surface area (Å²) < 4.78 is 0. The van der Waals surface area contributed by atoms with Crippen molar-refractivity contribution in [2.24, 2.45) is 5.18 Å². The lowest BCUT2D eigenvalue weighted by Crippen LogP contribution is -2.09. The molecular weight excluding hydrogens is 218 g/mol. The second-order valence-corrected chi connectivity index (χ2v) is 2.77. The van der Waals surface area contributed by atoms with E-state index in [9.17, 15) is 19.3 Å². The standard InChI is InChI=1S/C9H5NO6/c11-7(10-16)4-1-2-5(8(12)13)6(3-4)9(14)15/h1-3H,(H,12,13)(H,14,15). The molecule has 1 amide bonds. The lowest BCUT2D eigenvalue weighted by Gasteiger charge is -2.02. The van der Waals surface area contributed by atoms with Crippen LogP contribution in [0.15, 0.2) is 23.4 Å². The Morgan fingerprint density at radius 3 is 2.00 bits per heavy atom. The van der Waals surface area contributed by atoms with Gasteiger partial charge in [-0.15, -0.1) is 4.91 Å². The number of carboxylic acid groups (broad SMARTS) is 2. The number of hydrogen-bond acceptors (Lipinski definition) is 4. The van der Waals surface area contributed by atoms with Gasteiger partial charge in [0.15, 0.2) is 0 Å². The van der Waals surface area contributed by atoms with E-state index in [0.717, 1.165) is 18.2 Å². The van der Waals surface area contributed by atoms with Crippen LogP contribution >= 0.6 is 0 Å². The highest BCUT2D eigenvalue weighted by molar-refractivity contribution is 6.04. The summed E-state index contributed by atoms with van der Waals surface area (Å²) >= 11 is 0. The van der Waals surface area contributed by atoms with E-state index in [0.29, 0.717) is 0 Å². The number of benzene rings is 1. The van der Waals surface area contributed by atoms with Crippen molar-refractivity contribution in [3.8, 4) is 0 Å². The van der Waals surface area contributed by atoms with Gasteiger partial charge in [0.2, 0.25) is 0 Å². The Bertz CT molecular complexity index is 493. The molecule has 2 N–H and O–H groups in total. The van der Waals surface area contributed by atoms with Gasteiger partial charge in [-0.2, -0.15) is 0 Å². The van der Waals surface area contributed by atoms with Crippen LogP contribution in [0.25, 0.3) is 0 Å². The fourth-order valence-electron chi connectivity index (χ4n) is 1.09. The number of carboxylic acids is 2. The van der Waals surface area contributed by atoms with E-state index in [1.54, 1.807) is 0 Å². The third-order valence-electron chi connectivity index (χ3n) is 1.81. The van der Waals surface area contributed by atoms with Crippen LogP contribution in [0.2, 0.25) is 0 Å². The number of hydrogen-bond donors (Lipinski definition) is 2. The van der Waals surface area contributed by atoms with Crippen LogP contribution in [0.3, 0.4) is 0 Å². The molecule has 1 aromatic rings. The van der Waals surface area contributed by atoms with E-state index in [1.807, 2.05) is 0 Å². The van der Waals surface area contributed by atoms with Gasteiger partial charge in [-0.1, -0.05) is 0 Å². The summed E-state index contributed by atoms with van der Waals surface area (Å²) in [7, 11) is 0. The van der Waals surface area contributed by atoms with Gasteiger partial charge in [0.1, 0.15) is 0 Å². The van der Waals surface area contributed by atoms with Gasteiger partial charge in [0.25, 0.3) is 0 Å². The lowest BCUT2D eigenvalue weighted by atomic mass is 10.0. The SMILES string of the molecule is O=NC(=O)c1ccc(C(=O)O)c(C(=O)O)c1. The van der Waals surface area contributed by atoms with Crippen molar-refractivity contribution in [3.05, 3.63) is 39.8 Å². The third kappa shape index (κ3) is 2.08. The molecule has 0 aliphatic rings. The Hall–Kier alpha value is -2.57. The average molecular weight is 223 g/mol. The minimum Gasteiger partial charge on any atom is -0.478 e. The van der Waals surface area contributed by atoms with Gasteiger partial charge >= 0.3 is 17.8 Å². The predicted octanol–water partition coefficient (Wildman–Crippen LogP) is 0.990. The molecule has 7 nitrogen and oxygen atoms in total. The minimum absolute atomic E-state index is 0.266. The largest absolute Gasteiger partial charge is 0.478 e. The van der Waals surface area contributed by atoms with Gasteiger partial charge in [-0.05, 0) is 18.2 Å². The molecule has 0 saturated heterocycles. The number of amides is 1. The number of carbonyl (C=O) groups excluding carboxylic acids is 1. The minimum atomic E-state index is -1.50. The monoisotopic (exact) mass is 223 g/mol. The second-order valence-electron chi connectivity index (χ2n) is 2.77. The molecule has 82 valence electrons. The van der Waals surface area contributed by atoms with Crippen LogP contribution < -0.4 is 0 Å². The molecular formula is C9H5NO6. The van der Waals surface area contributed by atoms with Crippen molar-refractivity contribution in [2.75, 3.05) is 0 Å². The number of rotatable bonds is 3. The van der Waals surface area contributed by atoms with Crippen molar-refractivity contribution >= 4 is 17.8 Å². The van der Waals surface area contributed by atoms with Crippen LogP contribution in [0, 0.1) is 4.91 Å². The Kier molecular flexibility index (Phi) is 3.09. The van der Waals surface area contributed by atoms with Crippen molar-refractivity contribution < 1.29 is 24.6 Å². The molecule has 0 saturated carbocycles. The Morgan fingerprint density at radius 2 is 1.56 bits per heavy atom. The van der Waals surface area contributed by atoms with Crippen LogP contribution in [0.5, 0.6) is 0 Å². The summed E-state index contributed by atoms with van der Waals surface area (Å²) in [6, 6.07) is 2.76. The van der Waals surface area contributed by atoms with Crippen LogP contribution in [-0.2, 0) is 0 Å². The zero-order valence-electron chi connectivity index (χ0n) is 7.71. The fraction of sp³-hybridized carbons (Fsp3) is 0. The van der Waals surface area contributed by atoms with Crippen molar-refractivity contribution in [2.45, 2.75) is 0 Å². The molecule has 16 heavy (non-hydrogen) atoms. The summed E-state index contributed by atoms with van der Waals surface area (Å²) in [5.41, 5.74) is -1.30. The molecule has 0 unspecified atom stereocenters. The quantitative estimate of drug-likeness (QED) is 0.737. The number of aromatic carboxylic acids is 2.